The van der Waals surface area contributed by atoms with Crippen molar-refractivity contribution in [2.75, 3.05) is 13.2 Å². The summed E-state index contributed by atoms with van der Waals surface area (Å²) in [7, 11) is 0. The highest BCUT2D eigenvalue weighted by molar-refractivity contribution is 5.93. The summed E-state index contributed by atoms with van der Waals surface area (Å²) in [5.74, 6) is -0.993. The number of alkyl halides is 3. The fourth-order valence-corrected chi connectivity index (χ4v) is 2.48. The van der Waals surface area contributed by atoms with Crippen LogP contribution in [0.1, 0.15) is 28.4 Å². The third kappa shape index (κ3) is 5.19. The topological polar surface area (TPSA) is 82.2 Å². The summed E-state index contributed by atoms with van der Waals surface area (Å²) in [6.07, 6.45) is -3.01. The van der Waals surface area contributed by atoms with Crippen LogP contribution in [-0.4, -0.2) is 34.1 Å². The molecule has 0 aliphatic heterocycles. The van der Waals surface area contributed by atoms with E-state index in [-0.39, 0.29) is 25.4 Å². The summed E-state index contributed by atoms with van der Waals surface area (Å²) >= 11 is 0. The van der Waals surface area contributed by atoms with Gasteiger partial charge in [0.2, 0.25) is 0 Å². The van der Waals surface area contributed by atoms with Crippen LogP contribution in [0.5, 0.6) is 0 Å². The highest BCUT2D eigenvalue weighted by Crippen LogP contribution is 2.32. The van der Waals surface area contributed by atoms with Crippen molar-refractivity contribution in [2.24, 2.45) is 0 Å². The largest absolute Gasteiger partial charge is 0.467 e. The molecule has 1 N–H and O–H groups in total. The Kier molecular flexibility index (Phi) is 6.27. The molecule has 0 spiro atoms. The van der Waals surface area contributed by atoms with Crippen LogP contribution in [-0.2, 0) is 17.5 Å². The van der Waals surface area contributed by atoms with Gasteiger partial charge in [-0.15, -0.1) is 5.10 Å². The number of carbonyl (C=O) groups excluding carboxylic acids is 1. The van der Waals surface area contributed by atoms with Crippen LogP contribution in [0.2, 0.25) is 0 Å². The summed E-state index contributed by atoms with van der Waals surface area (Å²) < 4.78 is 64.4. The molecule has 7 nitrogen and oxygen atoms in total. The molecule has 0 saturated heterocycles. The zero-order valence-corrected chi connectivity index (χ0v) is 14.9. The minimum Gasteiger partial charge on any atom is -0.467 e. The van der Waals surface area contributed by atoms with Gasteiger partial charge in [-0.3, -0.25) is 4.79 Å². The summed E-state index contributed by atoms with van der Waals surface area (Å²) in [5.41, 5.74) is -2.27. The highest BCUT2D eigenvalue weighted by Gasteiger charge is 2.41. The molecule has 29 heavy (non-hydrogen) atoms. The Bertz CT molecular complexity index is 937. The Morgan fingerprint density at radius 2 is 1.97 bits per heavy atom. The number of furan rings is 1. The second-order valence-corrected chi connectivity index (χ2v) is 5.91. The SMILES string of the molecule is O=C(NCCCOCc1ccco1)c1nnn(-c2ccc(F)cc2)c1C(F)(F)F. The van der Waals surface area contributed by atoms with E-state index in [2.05, 4.69) is 15.6 Å². The maximum absolute atomic E-state index is 13.5. The van der Waals surface area contributed by atoms with E-state index in [1.165, 1.54) is 6.26 Å². The first-order valence-corrected chi connectivity index (χ1v) is 8.53. The zero-order chi connectivity index (χ0) is 20.9. The zero-order valence-electron chi connectivity index (χ0n) is 14.9. The summed E-state index contributed by atoms with van der Waals surface area (Å²) in [6.45, 7) is 0.609. The number of ether oxygens (including phenoxy) is 1. The monoisotopic (exact) mass is 412 g/mol. The third-order valence-corrected chi connectivity index (χ3v) is 3.80. The first-order valence-electron chi connectivity index (χ1n) is 8.53. The van der Waals surface area contributed by atoms with E-state index in [1.54, 1.807) is 12.1 Å². The lowest BCUT2D eigenvalue weighted by Gasteiger charge is -2.11. The van der Waals surface area contributed by atoms with Gasteiger partial charge in [0.05, 0.1) is 12.0 Å². The Balaban J connectivity index is 1.61. The van der Waals surface area contributed by atoms with Gasteiger partial charge in [0.1, 0.15) is 18.2 Å². The van der Waals surface area contributed by atoms with E-state index in [1.807, 2.05) is 0 Å². The standard InChI is InChI=1S/C18H16F4N4O3/c19-12-4-6-13(7-5-12)26-16(18(20,21)22)15(24-25-26)17(27)23-8-2-9-28-11-14-3-1-10-29-14/h1,3-7,10H,2,8-9,11H2,(H,23,27). The van der Waals surface area contributed by atoms with Gasteiger partial charge in [-0.05, 0) is 42.8 Å². The normalized spacial score (nSPS) is 11.6. The number of rotatable bonds is 8. The third-order valence-electron chi connectivity index (χ3n) is 3.80. The summed E-state index contributed by atoms with van der Waals surface area (Å²) in [6, 6.07) is 7.65. The number of aromatic nitrogens is 3. The smallest absolute Gasteiger partial charge is 0.435 e. The number of carbonyl (C=O) groups is 1. The maximum atomic E-state index is 13.5. The molecular formula is C18H16F4N4O3. The molecule has 154 valence electrons. The van der Waals surface area contributed by atoms with Crippen molar-refractivity contribution >= 4 is 5.91 Å². The molecule has 0 fully saturated rings. The number of nitrogens with zero attached hydrogens (tertiary/aromatic N) is 3. The van der Waals surface area contributed by atoms with Gasteiger partial charge in [-0.25, -0.2) is 9.07 Å². The number of benzene rings is 1. The lowest BCUT2D eigenvalue weighted by Crippen LogP contribution is -2.28. The van der Waals surface area contributed by atoms with E-state index < -0.39 is 29.3 Å². The number of nitrogens with one attached hydrogen (secondary N) is 1. The second-order valence-electron chi connectivity index (χ2n) is 5.91. The molecule has 0 bridgehead atoms. The fraction of sp³-hybridized carbons (Fsp3) is 0.278. The quantitative estimate of drug-likeness (QED) is 0.453. The number of halogens is 4. The van der Waals surface area contributed by atoms with Crippen LogP contribution in [0.15, 0.2) is 47.1 Å². The van der Waals surface area contributed by atoms with Gasteiger partial charge in [0.25, 0.3) is 5.91 Å². The van der Waals surface area contributed by atoms with Gasteiger partial charge in [-0.2, -0.15) is 13.2 Å². The summed E-state index contributed by atoms with van der Waals surface area (Å²) in [4.78, 5) is 12.2. The van der Waals surface area contributed by atoms with Crippen LogP contribution in [0.4, 0.5) is 17.6 Å². The van der Waals surface area contributed by atoms with Crippen LogP contribution in [0.3, 0.4) is 0 Å². The molecule has 0 aliphatic carbocycles. The van der Waals surface area contributed by atoms with Crippen molar-refractivity contribution in [1.82, 2.24) is 20.3 Å². The molecule has 3 rings (SSSR count). The number of amides is 1. The van der Waals surface area contributed by atoms with Gasteiger partial charge in [0, 0.05) is 13.2 Å². The Hall–Kier alpha value is -3.21. The Morgan fingerprint density at radius 1 is 1.21 bits per heavy atom. The molecular weight excluding hydrogens is 396 g/mol. The van der Waals surface area contributed by atoms with Crippen LogP contribution in [0, 0.1) is 5.82 Å². The van der Waals surface area contributed by atoms with Crippen molar-refractivity contribution in [3.05, 3.63) is 65.6 Å². The molecule has 0 aliphatic rings. The second kappa shape index (κ2) is 8.86. The molecule has 11 heteroatoms. The van der Waals surface area contributed by atoms with E-state index in [4.69, 9.17) is 9.15 Å². The van der Waals surface area contributed by atoms with E-state index in [0.717, 1.165) is 24.3 Å². The molecule has 1 amide bonds. The number of hydrogen-bond acceptors (Lipinski definition) is 5. The average molecular weight is 412 g/mol. The molecule has 2 aromatic heterocycles. The molecule has 0 atom stereocenters. The van der Waals surface area contributed by atoms with Crippen molar-refractivity contribution in [1.29, 1.82) is 0 Å². The molecule has 1 aromatic carbocycles. The highest BCUT2D eigenvalue weighted by atomic mass is 19.4. The van der Waals surface area contributed by atoms with E-state index >= 15 is 0 Å². The summed E-state index contributed by atoms with van der Waals surface area (Å²) in [5, 5.41) is 9.15. The number of hydrogen-bond donors (Lipinski definition) is 1. The molecule has 0 unspecified atom stereocenters. The van der Waals surface area contributed by atoms with Crippen molar-refractivity contribution < 1.29 is 31.5 Å². The van der Waals surface area contributed by atoms with E-state index in [0.29, 0.717) is 16.9 Å². The van der Waals surface area contributed by atoms with Gasteiger partial charge < -0.3 is 14.5 Å². The van der Waals surface area contributed by atoms with Crippen molar-refractivity contribution in [3.63, 3.8) is 0 Å². The lowest BCUT2D eigenvalue weighted by atomic mass is 10.2. The Morgan fingerprint density at radius 3 is 2.62 bits per heavy atom. The van der Waals surface area contributed by atoms with Gasteiger partial charge in [0.15, 0.2) is 11.4 Å². The maximum Gasteiger partial charge on any atom is 0.435 e. The minimum atomic E-state index is -4.89. The van der Waals surface area contributed by atoms with E-state index in [9.17, 15) is 22.4 Å². The lowest BCUT2D eigenvalue weighted by molar-refractivity contribution is -0.143. The average Bonchev–Trinajstić information content (AvgIpc) is 3.34. The van der Waals surface area contributed by atoms with Crippen molar-refractivity contribution in [2.45, 2.75) is 19.2 Å². The Labute approximate surface area is 162 Å². The minimum absolute atomic E-state index is 0.0726. The molecule has 0 saturated carbocycles. The predicted molar refractivity (Wildman–Crippen MR) is 91.6 cm³/mol. The molecule has 3 aromatic rings. The van der Waals surface area contributed by atoms with Gasteiger partial charge in [-0.1, -0.05) is 5.21 Å². The fourth-order valence-electron chi connectivity index (χ4n) is 2.48. The van der Waals surface area contributed by atoms with Crippen LogP contribution in [0.25, 0.3) is 5.69 Å². The first kappa shape index (κ1) is 20.5. The first-order chi connectivity index (χ1) is 13.9. The van der Waals surface area contributed by atoms with Crippen LogP contribution < -0.4 is 5.32 Å². The van der Waals surface area contributed by atoms with Gasteiger partial charge >= 0.3 is 6.18 Å². The molecule has 2 heterocycles. The predicted octanol–water partition coefficient (Wildman–Crippen LogP) is 3.35. The van der Waals surface area contributed by atoms with Crippen molar-refractivity contribution in [3.8, 4) is 5.69 Å². The molecule has 0 radical (unpaired) electrons. The van der Waals surface area contributed by atoms with Crippen LogP contribution >= 0.6 is 0 Å².